The van der Waals surface area contributed by atoms with Crippen molar-refractivity contribution in [3.63, 3.8) is 0 Å². The van der Waals surface area contributed by atoms with Crippen molar-refractivity contribution in [3.8, 4) is 11.8 Å². The molecule has 0 unspecified atom stereocenters. The molecule has 0 amide bonds. The predicted octanol–water partition coefficient (Wildman–Crippen LogP) is 1.72. The number of nitrogens with one attached hydrogen (secondary N) is 1. The van der Waals surface area contributed by atoms with Crippen molar-refractivity contribution in [3.05, 3.63) is 6.07 Å². The van der Waals surface area contributed by atoms with E-state index >= 15 is 0 Å². The van der Waals surface area contributed by atoms with Gasteiger partial charge in [0, 0.05) is 19.1 Å². The maximum absolute atomic E-state index is 5.30. The van der Waals surface area contributed by atoms with Gasteiger partial charge in [-0.05, 0) is 12.8 Å². The minimum atomic E-state index is 0.217. The molecule has 1 aromatic rings. The molecule has 1 N–H and O–H groups in total. The van der Waals surface area contributed by atoms with Crippen molar-refractivity contribution < 1.29 is 14.2 Å². The zero-order valence-corrected chi connectivity index (χ0v) is 11.7. The summed E-state index contributed by atoms with van der Waals surface area (Å²) < 4.78 is 15.5. The molecule has 1 aliphatic rings. The van der Waals surface area contributed by atoms with Gasteiger partial charge in [0.15, 0.2) is 0 Å². The van der Waals surface area contributed by atoms with Gasteiger partial charge in [0.25, 0.3) is 0 Å². The number of nitrogens with zero attached hydrogens (tertiary/aromatic N) is 2. The van der Waals surface area contributed by atoms with Crippen LogP contribution in [0.1, 0.15) is 19.3 Å². The number of rotatable bonds is 7. The monoisotopic (exact) mass is 267 g/mol. The second kappa shape index (κ2) is 6.06. The second-order valence-electron chi connectivity index (χ2n) is 4.92. The Hall–Kier alpha value is -1.56. The van der Waals surface area contributed by atoms with Crippen LogP contribution in [0, 0.1) is 5.41 Å². The molecule has 0 bridgehead atoms. The van der Waals surface area contributed by atoms with E-state index in [0.29, 0.717) is 17.7 Å². The topological polar surface area (TPSA) is 65.5 Å². The molecule has 0 saturated heterocycles. The SMILES string of the molecule is COCC1(CNc2nc(OC)cc(OC)n2)CCC1. The molecule has 1 heterocycles. The minimum Gasteiger partial charge on any atom is -0.481 e. The Morgan fingerprint density at radius 2 is 1.79 bits per heavy atom. The average molecular weight is 267 g/mol. The molecule has 1 aliphatic carbocycles. The van der Waals surface area contributed by atoms with Crippen LogP contribution < -0.4 is 14.8 Å². The molecule has 1 aromatic heterocycles. The van der Waals surface area contributed by atoms with E-state index < -0.39 is 0 Å². The zero-order valence-electron chi connectivity index (χ0n) is 11.7. The van der Waals surface area contributed by atoms with E-state index in [1.807, 2.05) is 0 Å². The molecule has 6 nitrogen and oxygen atoms in total. The van der Waals surface area contributed by atoms with Gasteiger partial charge in [-0.15, -0.1) is 0 Å². The predicted molar refractivity (Wildman–Crippen MR) is 71.8 cm³/mol. The second-order valence-corrected chi connectivity index (χ2v) is 4.92. The van der Waals surface area contributed by atoms with Gasteiger partial charge in [0.05, 0.1) is 26.9 Å². The third-order valence-corrected chi connectivity index (χ3v) is 3.58. The lowest BCUT2D eigenvalue weighted by Crippen LogP contribution is -2.40. The lowest BCUT2D eigenvalue weighted by atomic mass is 9.69. The molecule has 1 fully saturated rings. The van der Waals surface area contributed by atoms with Gasteiger partial charge in [-0.2, -0.15) is 9.97 Å². The number of hydrogen-bond acceptors (Lipinski definition) is 6. The summed E-state index contributed by atoms with van der Waals surface area (Å²) in [6.45, 7) is 1.57. The van der Waals surface area contributed by atoms with Crippen LogP contribution in [0.2, 0.25) is 0 Å². The molecule has 1 saturated carbocycles. The van der Waals surface area contributed by atoms with E-state index in [1.54, 1.807) is 27.4 Å². The Morgan fingerprint density at radius 3 is 2.21 bits per heavy atom. The van der Waals surface area contributed by atoms with Gasteiger partial charge >= 0.3 is 0 Å². The number of aromatic nitrogens is 2. The van der Waals surface area contributed by atoms with Crippen molar-refractivity contribution in [2.24, 2.45) is 5.41 Å². The molecule has 0 spiro atoms. The summed E-state index contributed by atoms with van der Waals surface area (Å²) in [5, 5.41) is 3.26. The highest BCUT2D eigenvalue weighted by atomic mass is 16.5. The van der Waals surface area contributed by atoms with Gasteiger partial charge < -0.3 is 19.5 Å². The van der Waals surface area contributed by atoms with Crippen molar-refractivity contribution in [1.29, 1.82) is 0 Å². The van der Waals surface area contributed by atoms with Crippen LogP contribution in [-0.4, -0.2) is 44.4 Å². The first-order chi connectivity index (χ1) is 9.21. The maximum Gasteiger partial charge on any atom is 0.229 e. The summed E-state index contributed by atoms with van der Waals surface area (Å²) >= 11 is 0. The third-order valence-electron chi connectivity index (χ3n) is 3.58. The van der Waals surface area contributed by atoms with Crippen LogP contribution in [0.4, 0.5) is 5.95 Å². The Labute approximate surface area is 113 Å². The van der Waals surface area contributed by atoms with Crippen molar-refractivity contribution in [2.45, 2.75) is 19.3 Å². The van der Waals surface area contributed by atoms with Crippen molar-refractivity contribution >= 4 is 5.95 Å². The van der Waals surface area contributed by atoms with Gasteiger partial charge in [-0.25, -0.2) is 0 Å². The van der Waals surface area contributed by atoms with E-state index in [9.17, 15) is 0 Å². The molecule has 0 aromatic carbocycles. The smallest absolute Gasteiger partial charge is 0.229 e. The van der Waals surface area contributed by atoms with Crippen LogP contribution >= 0.6 is 0 Å². The van der Waals surface area contributed by atoms with Gasteiger partial charge in [-0.1, -0.05) is 6.42 Å². The fraction of sp³-hybridized carbons (Fsp3) is 0.692. The highest BCUT2D eigenvalue weighted by Crippen LogP contribution is 2.41. The van der Waals surface area contributed by atoms with E-state index in [0.717, 1.165) is 13.2 Å². The Bertz CT molecular complexity index is 399. The first-order valence-electron chi connectivity index (χ1n) is 6.41. The molecular formula is C13H21N3O3. The number of anilines is 1. The summed E-state index contributed by atoms with van der Waals surface area (Å²) in [6, 6.07) is 1.65. The fourth-order valence-electron chi connectivity index (χ4n) is 2.31. The molecule has 19 heavy (non-hydrogen) atoms. The van der Waals surface area contributed by atoms with Crippen LogP contribution in [-0.2, 0) is 4.74 Å². The first kappa shape index (κ1) is 13.9. The lowest BCUT2D eigenvalue weighted by Gasteiger charge is -2.41. The minimum absolute atomic E-state index is 0.217. The lowest BCUT2D eigenvalue weighted by molar-refractivity contribution is 0.0281. The Morgan fingerprint density at radius 1 is 1.16 bits per heavy atom. The number of methoxy groups -OCH3 is 3. The van der Waals surface area contributed by atoms with Crippen molar-refractivity contribution in [1.82, 2.24) is 9.97 Å². The van der Waals surface area contributed by atoms with Gasteiger partial charge in [0.2, 0.25) is 17.7 Å². The summed E-state index contributed by atoms with van der Waals surface area (Å²) in [5.74, 6) is 1.51. The molecule has 0 radical (unpaired) electrons. The van der Waals surface area contributed by atoms with E-state index in [2.05, 4.69) is 15.3 Å². The normalized spacial score (nSPS) is 16.6. The highest BCUT2D eigenvalue weighted by Gasteiger charge is 2.37. The van der Waals surface area contributed by atoms with Crippen LogP contribution in [0.5, 0.6) is 11.8 Å². The summed E-state index contributed by atoms with van der Waals surface area (Å²) in [4.78, 5) is 8.51. The summed E-state index contributed by atoms with van der Waals surface area (Å²) in [6.07, 6.45) is 3.61. The molecule has 106 valence electrons. The van der Waals surface area contributed by atoms with E-state index in [1.165, 1.54) is 19.3 Å². The van der Waals surface area contributed by atoms with E-state index in [4.69, 9.17) is 14.2 Å². The fourth-order valence-corrected chi connectivity index (χ4v) is 2.31. The largest absolute Gasteiger partial charge is 0.481 e. The number of hydrogen-bond donors (Lipinski definition) is 1. The van der Waals surface area contributed by atoms with E-state index in [-0.39, 0.29) is 5.41 Å². The Balaban J connectivity index is 2.02. The maximum atomic E-state index is 5.30. The van der Waals surface area contributed by atoms with Crippen LogP contribution in [0.3, 0.4) is 0 Å². The number of ether oxygens (including phenoxy) is 3. The average Bonchev–Trinajstić information content (AvgIpc) is 2.41. The highest BCUT2D eigenvalue weighted by molar-refractivity contribution is 5.34. The van der Waals surface area contributed by atoms with Gasteiger partial charge in [-0.3, -0.25) is 0 Å². The molecule has 0 atom stereocenters. The zero-order chi connectivity index (χ0) is 13.7. The molecule has 6 heteroatoms. The summed E-state index contributed by atoms with van der Waals surface area (Å²) in [5.41, 5.74) is 0.217. The standard InChI is InChI=1S/C13H21N3O3/c1-17-9-13(5-4-6-13)8-14-12-15-10(18-2)7-11(16-12)19-3/h7H,4-6,8-9H2,1-3H3,(H,14,15,16). The molecule has 2 rings (SSSR count). The molecule has 0 aliphatic heterocycles. The third kappa shape index (κ3) is 3.26. The first-order valence-corrected chi connectivity index (χ1v) is 6.41. The Kier molecular flexibility index (Phi) is 4.42. The van der Waals surface area contributed by atoms with Crippen molar-refractivity contribution in [2.75, 3.05) is 39.8 Å². The quantitative estimate of drug-likeness (QED) is 0.811. The summed E-state index contributed by atoms with van der Waals surface area (Å²) in [7, 11) is 4.89. The van der Waals surface area contributed by atoms with Gasteiger partial charge in [0.1, 0.15) is 0 Å². The van der Waals surface area contributed by atoms with Crippen LogP contribution in [0.15, 0.2) is 6.07 Å². The molecular weight excluding hydrogens is 246 g/mol. The van der Waals surface area contributed by atoms with Crippen LogP contribution in [0.25, 0.3) is 0 Å².